The monoisotopic (exact) mass is 662 g/mol. The Labute approximate surface area is 278 Å². The Bertz CT molecular complexity index is 1820. The number of rotatable bonds is 14. The topological polar surface area (TPSA) is 88.8 Å². The third kappa shape index (κ3) is 6.98. The van der Waals surface area contributed by atoms with Crippen molar-refractivity contribution in [3.05, 3.63) is 111 Å². The molecule has 3 amide bonds. The van der Waals surface area contributed by atoms with E-state index in [2.05, 4.69) is 5.32 Å². The van der Waals surface area contributed by atoms with Gasteiger partial charge in [0.2, 0.25) is 0 Å². The molecule has 7 nitrogen and oxygen atoms in total. The average Bonchev–Trinajstić information content (AvgIpc) is 3.31. The van der Waals surface area contributed by atoms with Crippen LogP contribution in [0.2, 0.25) is 0 Å². The average molecular weight is 663 g/mol. The molecule has 254 valence electrons. The van der Waals surface area contributed by atoms with Crippen LogP contribution in [0.15, 0.2) is 75.9 Å². The minimum absolute atomic E-state index is 0.0719. The van der Waals surface area contributed by atoms with Crippen molar-refractivity contribution < 1.29 is 31.9 Å². The zero-order valence-corrected chi connectivity index (χ0v) is 27.5. The number of carbonyl (C=O) groups is 2. The fourth-order valence-electron chi connectivity index (χ4n) is 6.48. The first-order valence-electron chi connectivity index (χ1n) is 16.6. The van der Waals surface area contributed by atoms with E-state index in [4.69, 9.17) is 9.15 Å². The highest BCUT2D eigenvalue weighted by atomic mass is 19.4. The van der Waals surface area contributed by atoms with Crippen LogP contribution in [0.3, 0.4) is 0 Å². The number of amides is 3. The molecule has 3 aromatic carbocycles. The second-order valence-corrected chi connectivity index (χ2v) is 12.3. The predicted octanol–water partition coefficient (Wildman–Crippen LogP) is 8.46. The molecule has 1 aliphatic heterocycles. The zero-order valence-electron chi connectivity index (χ0n) is 27.5. The summed E-state index contributed by atoms with van der Waals surface area (Å²) < 4.78 is 53.2. The molecule has 1 saturated heterocycles. The van der Waals surface area contributed by atoms with Crippen LogP contribution in [0.1, 0.15) is 85.8 Å². The Kier molecular flexibility index (Phi) is 10.6. The lowest BCUT2D eigenvalue weighted by Crippen LogP contribution is -2.45. The third-order valence-corrected chi connectivity index (χ3v) is 8.80. The summed E-state index contributed by atoms with van der Waals surface area (Å²) in [6, 6.07) is 18.4. The van der Waals surface area contributed by atoms with E-state index in [0.29, 0.717) is 79.2 Å². The van der Waals surface area contributed by atoms with Gasteiger partial charge in [-0.3, -0.25) is 9.69 Å². The molecule has 1 atom stereocenters. The van der Waals surface area contributed by atoms with Gasteiger partial charge in [0.25, 0.3) is 5.91 Å². The van der Waals surface area contributed by atoms with Gasteiger partial charge in [0.15, 0.2) is 5.54 Å². The number of hydrogen-bond acceptors (Lipinski definition) is 5. The number of nitrogens with zero attached hydrogens (tertiary/aromatic N) is 1. The van der Waals surface area contributed by atoms with Gasteiger partial charge in [-0.25, -0.2) is 9.59 Å². The molecule has 1 aromatic heterocycles. The van der Waals surface area contributed by atoms with Gasteiger partial charge in [0, 0.05) is 23.6 Å². The molecule has 0 radical (unpaired) electrons. The van der Waals surface area contributed by atoms with E-state index in [1.807, 2.05) is 75.4 Å². The maximum atomic E-state index is 13.9. The van der Waals surface area contributed by atoms with Crippen molar-refractivity contribution in [2.24, 2.45) is 0 Å². The molecule has 0 bridgehead atoms. The SMILES string of the molecule is CCCc1cc2c(C(F)(F)F)cc(=O)oc2c(CCC)c1OCCCCCCN1C(=O)NC(c2ccccc2)(c2ccc(C)cc2)C1=O. The smallest absolute Gasteiger partial charge is 0.417 e. The lowest BCUT2D eigenvalue weighted by atomic mass is 9.82. The lowest BCUT2D eigenvalue weighted by molar-refractivity contribution is -0.136. The normalized spacial score (nSPS) is 16.5. The van der Waals surface area contributed by atoms with Gasteiger partial charge >= 0.3 is 17.8 Å². The Balaban J connectivity index is 1.25. The van der Waals surface area contributed by atoms with Crippen molar-refractivity contribution in [3.8, 4) is 5.75 Å². The van der Waals surface area contributed by atoms with Crippen LogP contribution in [-0.2, 0) is 29.4 Å². The van der Waals surface area contributed by atoms with E-state index in [1.54, 1.807) is 0 Å². The second kappa shape index (κ2) is 14.7. The van der Waals surface area contributed by atoms with Crippen LogP contribution in [0.4, 0.5) is 18.0 Å². The summed E-state index contributed by atoms with van der Waals surface area (Å²) in [7, 11) is 0. The van der Waals surface area contributed by atoms with Gasteiger partial charge < -0.3 is 14.5 Å². The van der Waals surface area contributed by atoms with Gasteiger partial charge in [-0.15, -0.1) is 0 Å². The van der Waals surface area contributed by atoms with E-state index in [-0.39, 0.29) is 23.4 Å². The number of carbonyl (C=O) groups excluding carboxylic acids is 2. The zero-order chi connectivity index (χ0) is 34.5. The van der Waals surface area contributed by atoms with Gasteiger partial charge in [-0.05, 0) is 55.4 Å². The molecule has 4 aromatic rings. The summed E-state index contributed by atoms with van der Waals surface area (Å²) >= 11 is 0. The quantitative estimate of drug-likeness (QED) is 0.0832. The number of hydrogen-bond donors (Lipinski definition) is 1. The van der Waals surface area contributed by atoms with E-state index in [9.17, 15) is 27.6 Å². The number of aryl methyl sites for hydroxylation is 3. The minimum atomic E-state index is -4.70. The lowest BCUT2D eigenvalue weighted by Gasteiger charge is -2.28. The Hall–Kier alpha value is -4.60. The largest absolute Gasteiger partial charge is 0.493 e. The van der Waals surface area contributed by atoms with Gasteiger partial charge in [-0.2, -0.15) is 13.2 Å². The molecule has 2 heterocycles. The molecule has 1 unspecified atom stereocenters. The summed E-state index contributed by atoms with van der Waals surface area (Å²) in [6.07, 6.45) is 0.258. The Morgan fingerprint density at radius 1 is 0.854 bits per heavy atom. The second-order valence-electron chi connectivity index (χ2n) is 12.3. The third-order valence-electron chi connectivity index (χ3n) is 8.80. The fourth-order valence-corrected chi connectivity index (χ4v) is 6.48. The Morgan fingerprint density at radius 2 is 1.52 bits per heavy atom. The summed E-state index contributed by atoms with van der Waals surface area (Å²) in [6.45, 7) is 6.39. The highest BCUT2D eigenvalue weighted by Gasteiger charge is 2.53. The van der Waals surface area contributed by atoms with Gasteiger partial charge in [-0.1, -0.05) is 99.7 Å². The molecule has 1 fully saturated rings. The number of urea groups is 1. The first-order valence-corrected chi connectivity index (χ1v) is 16.6. The van der Waals surface area contributed by atoms with E-state index in [0.717, 1.165) is 18.4 Å². The number of unbranched alkanes of at least 4 members (excludes halogenated alkanes) is 3. The van der Waals surface area contributed by atoms with E-state index >= 15 is 0 Å². The molecular weight excluding hydrogens is 621 g/mol. The van der Waals surface area contributed by atoms with Crippen LogP contribution < -0.4 is 15.7 Å². The number of alkyl halides is 3. The molecule has 0 spiro atoms. The van der Waals surface area contributed by atoms with Crippen molar-refractivity contribution in [2.75, 3.05) is 13.2 Å². The summed E-state index contributed by atoms with van der Waals surface area (Å²) in [5.74, 6) is 0.177. The van der Waals surface area contributed by atoms with Gasteiger partial charge in [0.05, 0.1) is 12.2 Å². The predicted molar refractivity (Wildman–Crippen MR) is 178 cm³/mol. The molecule has 0 saturated carbocycles. The summed E-state index contributed by atoms with van der Waals surface area (Å²) in [5, 5.41) is 2.86. The summed E-state index contributed by atoms with van der Waals surface area (Å²) in [5.41, 5.74) is 0.155. The molecule has 1 N–H and O–H groups in total. The van der Waals surface area contributed by atoms with Crippen LogP contribution in [0.25, 0.3) is 11.0 Å². The summed E-state index contributed by atoms with van der Waals surface area (Å²) in [4.78, 5) is 40.6. The maximum absolute atomic E-state index is 13.9. The van der Waals surface area contributed by atoms with Crippen molar-refractivity contribution in [1.29, 1.82) is 0 Å². The number of nitrogens with one attached hydrogen (secondary N) is 1. The number of fused-ring (bicyclic) bond motifs is 1. The van der Waals surface area contributed by atoms with Crippen LogP contribution in [0, 0.1) is 6.92 Å². The molecular formula is C38H41F3N2O5. The van der Waals surface area contributed by atoms with Crippen LogP contribution >= 0.6 is 0 Å². The molecule has 1 aliphatic rings. The first-order chi connectivity index (χ1) is 23.0. The minimum Gasteiger partial charge on any atom is -0.493 e. The number of imide groups is 1. The van der Waals surface area contributed by atoms with E-state index < -0.39 is 28.9 Å². The highest BCUT2D eigenvalue weighted by Crippen LogP contribution is 2.40. The van der Waals surface area contributed by atoms with Crippen LogP contribution in [0.5, 0.6) is 5.75 Å². The van der Waals surface area contributed by atoms with Crippen molar-refractivity contribution in [2.45, 2.75) is 83.9 Å². The Morgan fingerprint density at radius 3 is 2.19 bits per heavy atom. The number of halogens is 3. The number of ether oxygens (including phenoxy) is 1. The molecule has 48 heavy (non-hydrogen) atoms. The molecule has 10 heteroatoms. The molecule has 5 rings (SSSR count). The van der Waals surface area contributed by atoms with Crippen LogP contribution in [-0.4, -0.2) is 30.0 Å². The van der Waals surface area contributed by atoms with Crippen molar-refractivity contribution >= 4 is 22.9 Å². The van der Waals surface area contributed by atoms with E-state index in [1.165, 1.54) is 11.0 Å². The maximum Gasteiger partial charge on any atom is 0.417 e. The number of benzene rings is 3. The van der Waals surface area contributed by atoms with Gasteiger partial charge in [0.1, 0.15) is 11.3 Å². The standard InChI is InChI=1S/C38H41F3N2O5/c1-4-13-26-23-30-31(38(39,40)41)24-32(44)48-34(30)29(14-5-2)33(26)47-22-12-7-6-11-21-43-35(45)37(42-36(43)46,27-15-9-8-10-16-27)28-19-17-25(3)18-20-28/h8-10,15-20,23-24H,4-7,11-14,21-22H2,1-3H3,(H,42,46). The highest BCUT2D eigenvalue weighted by molar-refractivity contribution is 6.09. The fraction of sp³-hybridized carbons (Fsp3) is 0.395. The molecule has 0 aliphatic carbocycles. The first kappa shape index (κ1) is 34.7. The van der Waals surface area contributed by atoms with Crippen molar-refractivity contribution in [1.82, 2.24) is 10.2 Å². The van der Waals surface area contributed by atoms with Crippen molar-refractivity contribution in [3.63, 3.8) is 0 Å².